The second-order valence-corrected chi connectivity index (χ2v) is 4.80. The summed E-state index contributed by atoms with van der Waals surface area (Å²) in [7, 11) is 1.93. The highest BCUT2D eigenvalue weighted by atomic mass is 79.9. The first-order chi connectivity index (χ1) is 8.67. The van der Waals surface area contributed by atoms with Crippen molar-refractivity contribution in [2.75, 3.05) is 0 Å². The monoisotopic (exact) mass is 313 g/mol. The number of nitrogens with one attached hydrogen (secondary N) is 2. The normalized spacial score (nSPS) is 12.9. The quantitative estimate of drug-likeness (QED) is 0.555. The number of hydrazine groups is 1. The number of H-pyrrole nitrogens is 1. The molecule has 0 saturated heterocycles. The molecule has 8 heteroatoms. The number of nitrogens with two attached hydrogens (primary N) is 1. The zero-order chi connectivity index (χ0) is 13.1. The molecule has 1 unspecified atom stereocenters. The number of aryl methyl sites for hydroxylation is 2. The summed E-state index contributed by atoms with van der Waals surface area (Å²) >= 11 is 3.59. The maximum absolute atomic E-state index is 5.57. The molecule has 7 nitrogen and oxygen atoms in total. The van der Waals surface area contributed by atoms with Gasteiger partial charge in [0.25, 0.3) is 0 Å². The Labute approximate surface area is 113 Å². The molecule has 2 heterocycles. The Morgan fingerprint density at radius 2 is 2.39 bits per heavy atom. The van der Waals surface area contributed by atoms with Gasteiger partial charge in [0.1, 0.15) is 5.69 Å². The van der Waals surface area contributed by atoms with Crippen LogP contribution in [0.4, 0.5) is 0 Å². The average molecular weight is 314 g/mol. The zero-order valence-electron chi connectivity index (χ0n) is 10.3. The number of halogens is 1. The van der Waals surface area contributed by atoms with Crippen molar-refractivity contribution in [2.24, 2.45) is 12.9 Å². The standard InChI is InChI=1S/C10H16BrN7/c1-3-6-10(11)9(18(2)16-6)4-7(14-12)8-5-13-17-15-8/h5,7,14H,3-4,12H2,1-2H3,(H,13,15,17). The molecule has 2 aromatic rings. The fourth-order valence-corrected chi connectivity index (χ4v) is 2.64. The molecule has 0 spiro atoms. The molecule has 0 aliphatic rings. The number of hydrogen-bond acceptors (Lipinski definition) is 5. The van der Waals surface area contributed by atoms with Gasteiger partial charge in [-0.2, -0.15) is 20.5 Å². The Morgan fingerprint density at radius 1 is 1.61 bits per heavy atom. The molecule has 0 aliphatic heterocycles. The minimum Gasteiger partial charge on any atom is -0.271 e. The summed E-state index contributed by atoms with van der Waals surface area (Å²) in [6.07, 6.45) is 3.24. The lowest BCUT2D eigenvalue weighted by atomic mass is 10.1. The largest absolute Gasteiger partial charge is 0.271 e. The SMILES string of the molecule is CCc1nn(C)c(CC(NN)c2cn[nH]n2)c1Br. The van der Waals surface area contributed by atoms with Crippen LogP contribution in [0, 0.1) is 0 Å². The third kappa shape index (κ3) is 2.45. The van der Waals surface area contributed by atoms with Crippen LogP contribution in [-0.4, -0.2) is 25.2 Å². The van der Waals surface area contributed by atoms with Crippen LogP contribution in [0.1, 0.15) is 30.0 Å². The minimum absolute atomic E-state index is 0.0971. The van der Waals surface area contributed by atoms with Gasteiger partial charge in [0.05, 0.1) is 28.1 Å². The van der Waals surface area contributed by atoms with E-state index >= 15 is 0 Å². The number of aromatic amines is 1. The maximum Gasteiger partial charge on any atom is 0.101 e. The molecule has 18 heavy (non-hydrogen) atoms. The Bertz CT molecular complexity index is 505. The molecule has 0 amide bonds. The van der Waals surface area contributed by atoms with E-state index in [1.165, 1.54) is 0 Å². The highest BCUT2D eigenvalue weighted by Gasteiger charge is 2.19. The van der Waals surface area contributed by atoms with Gasteiger partial charge in [-0.05, 0) is 22.4 Å². The van der Waals surface area contributed by atoms with Gasteiger partial charge in [0, 0.05) is 13.5 Å². The molecule has 0 aromatic carbocycles. The fraction of sp³-hybridized carbons (Fsp3) is 0.500. The van der Waals surface area contributed by atoms with Gasteiger partial charge in [-0.1, -0.05) is 6.92 Å². The van der Waals surface area contributed by atoms with Crippen LogP contribution < -0.4 is 11.3 Å². The molecule has 0 saturated carbocycles. The maximum atomic E-state index is 5.57. The Balaban J connectivity index is 2.25. The number of nitrogens with zero attached hydrogens (tertiary/aromatic N) is 4. The predicted molar refractivity (Wildman–Crippen MR) is 70.4 cm³/mol. The smallest absolute Gasteiger partial charge is 0.101 e. The van der Waals surface area contributed by atoms with Gasteiger partial charge in [-0.3, -0.25) is 16.0 Å². The van der Waals surface area contributed by atoms with E-state index in [4.69, 9.17) is 5.84 Å². The summed E-state index contributed by atoms with van der Waals surface area (Å²) in [6.45, 7) is 2.08. The molecule has 0 radical (unpaired) electrons. The van der Waals surface area contributed by atoms with Crippen molar-refractivity contribution >= 4 is 15.9 Å². The second kappa shape index (κ2) is 5.59. The highest BCUT2D eigenvalue weighted by molar-refractivity contribution is 9.10. The molecule has 0 aliphatic carbocycles. The van der Waals surface area contributed by atoms with Crippen LogP contribution in [0.5, 0.6) is 0 Å². The number of aromatic nitrogens is 5. The molecule has 2 rings (SSSR count). The van der Waals surface area contributed by atoms with Crippen LogP contribution in [0.3, 0.4) is 0 Å². The molecule has 4 N–H and O–H groups in total. The van der Waals surface area contributed by atoms with E-state index in [1.54, 1.807) is 6.20 Å². The highest BCUT2D eigenvalue weighted by Crippen LogP contribution is 2.25. The lowest BCUT2D eigenvalue weighted by Crippen LogP contribution is -2.30. The lowest BCUT2D eigenvalue weighted by molar-refractivity contribution is 0.516. The van der Waals surface area contributed by atoms with E-state index in [1.807, 2.05) is 11.7 Å². The van der Waals surface area contributed by atoms with E-state index in [9.17, 15) is 0 Å². The summed E-state index contributed by atoms with van der Waals surface area (Å²) < 4.78 is 2.91. The van der Waals surface area contributed by atoms with Crippen LogP contribution in [0.15, 0.2) is 10.7 Å². The third-order valence-electron chi connectivity index (χ3n) is 2.89. The first-order valence-corrected chi connectivity index (χ1v) is 6.48. The summed E-state index contributed by atoms with van der Waals surface area (Å²) in [5, 5.41) is 14.9. The molecule has 1 atom stereocenters. The molecule has 98 valence electrons. The predicted octanol–water partition coefficient (Wildman–Crippen LogP) is 0.610. The van der Waals surface area contributed by atoms with E-state index < -0.39 is 0 Å². The van der Waals surface area contributed by atoms with Crippen molar-refractivity contribution in [1.82, 2.24) is 30.6 Å². The Hall–Kier alpha value is -1.25. The lowest BCUT2D eigenvalue weighted by Gasteiger charge is -2.13. The summed E-state index contributed by atoms with van der Waals surface area (Å²) in [5.74, 6) is 5.57. The van der Waals surface area contributed by atoms with E-state index in [2.05, 4.69) is 48.8 Å². The van der Waals surface area contributed by atoms with Crippen LogP contribution in [0.25, 0.3) is 0 Å². The van der Waals surface area contributed by atoms with Crippen LogP contribution in [-0.2, 0) is 19.9 Å². The minimum atomic E-state index is -0.0971. The van der Waals surface area contributed by atoms with E-state index in [-0.39, 0.29) is 6.04 Å². The first kappa shape index (κ1) is 13.2. The van der Waals surface area contributed by atoms with Crippen LogP contribution >= 0.6 is 15.9 Å². The molecule has 0 bridgehead atoms. The fourth-order valence-electron chi connectivity index (χ4n) is 1.86. The van der Waals surface area contributed by atoms with Crippen molar-refractivity contribution < 1.29 is 0 Å². The zero-order valence-corrected chi connectivity index (χ0v) is 11.9. The average Bonchev–Trinajstić information content (AvgIpc) is 2.97. The summed E-state index contributed by atoms with van der Waals surface area (Å²) in [4.78, 5) is 0. The van der Waals surface area contributed by atoms with Gasteiger partial charge >= 0.3 is 0 Å². The van der Waals surface area contributed by atoms with Crippen molar-refractivity contribution in [2.45, 2.75) is 25.8 Å². The first-order valence-electron chi connectivity index (χ1n) is 5.69. The van der Waals surface area contributed by atoms with Crippen molar-refractivity contribution in [3.8, 4) is 0 Å². The Kier molecular flexibility index (Phi) is 4.10. The van der Waals surface area contributed by atoms with Gasteiger partial charge in [-0.25, -0.2) is 0 Å². The van der Waals surface area contributed by atoms with E-state index in [0.29, 0.717) is 6.42 Å². The topological polar surface area (TPSA) is 97.4 Å². The molecule has 2 aromatic heterocycles. The summed E-state index contributed by atoms with van der Waals surface area (Å²) in [6, 6.07) is -0.0971. The van der Waals surface area contributed by atoms with Crippen molar-refractivity contribution in [3.05, 3.63) is 27.8 Å². The number of rotatable bonds is 5. The van der Waals surface area contributed by atoms with Crippen LogP contribution in [0.2, 0.25) is 0 Å². The van der Waals surface area contributed by atoms with Gasteiger partial charge in [0.15, 0.2) is 0 Å². The third-order valence-corrected chi connectivity index (χ3v) is 3.81. The Morgan fingerprint density at radius 3 is 2.89 bits per heavy atom. The van der Waals surface area contributed by atoms with Crippen molar-refractivity contribution in [3.63, 3.8) is 0 Å². The van der Waals surface area contributed by atoms with Gasteiger partial charge in [-0.15, -0.1) is 0 Å². The van der Waals surface area contributed by atoms with E-state index in [0.717, 1.165) is 28.0 Å². The summed E-state index contributed by atoms with van der Waals surface area (Å²) in [5.41, 5.74) is 5.66. The van der Waals surface area contributed by atoms with Gasteiger partial charge in [0.2, 0.25) is 0 Å². The number of hydrogen-bond donors (Lipinski definition) is 3. The van der Waals surface area contributed by atoms with Crippen molar-refractivity contribution in [1.29, 1.82) is 0 Å². The molecular weight excluding hydrogens is 298 g/mol. The second-order valence-electron chi connectivity index (χ2n) is 4.00. The molecule has 0 fully saturated rings. The molecular formula is C10H16BrN7. The van der Waals surface area contributed by atoms with Gasteiger partial charge < -0.3 is 0 Å².